The fourth-order valence-corrected chi connectivity index (χ4v) is 4.49. The summed E-state index contributed by atoms with van der Waals surface area (Å²) in [4.78, 5) is 12.8. The number of ether oxygens (including phenoxy) is 4. The molecule has 1 aromatic heterocycles. The predicted molar refractivity (Wildman–Crippen MR) is 127 cm³/mol. The van der Waals surface area contributed by atoms with E-state index >= 15 is 0 Å². The van der Waals surface area contributed by atoms with Crippen molar-refractivity contribution in [2.45, 2.75) is 30.7 Å². The number of benzene rings is 2. The van der Waals surface area contributed by atoms with E-state index in [1.54, 1.807) is 0 Å². The van der Waals surface area contributed by atoms with E-state index in [0.717, 1.165) is 18.2 Å². The van der Waals surface area contributed by atoms with Gasteiger partial charge in [-0.05, 0) is 12.1 Å². The van der Waals surface area contributed by atoms with Crippen LogP contribution in [0.2, 0.25) is 0 Å². The van der Waals surface area contributed by atoms with Gasteiger partial charge >= 0.3 is 29.6 Å². The Kier molecular flexibility index (Phi) is 9.95. The molecule has 3 aromatic rings. The summed E-state index contributed by atoms with van der Waals surface area (Å²) in [7, 11) is -2.82. The summed E-state index contributed by atoms with van der Waals surface area (Å²) in [6.07, 6.45) is -9.30. The fraction of sp³-hybridized carbons (Fsp3) is 0.348. The number of aliphatic hydroxyl groups excluding tert-OH is 3. The van der Waals surface area contributed by atoms with Gasteiger partial charge in [0.25, 0.3) is 0 Å². The molecule has 1 aliphatic rings. The van der Waals surface area contributed by atoms with Crippen LogP contribution >= 0.6 is 0 Å². The Morgan fingerprint density at radius 3 is 2.17 bits per heavy atom. The van der Waals surface area contributed by atoms with Crippen LogP contribution in [0.3, 0.4) is 0 Å². The summed E-state index contributed by atoms with van der Waals surface area (Å²) in [6, 6.07) is 5.87. The first kappa shape index (κ1) is 31.9. The van der Waals surface area contributed by atoms with Crippen LogP contribution in [0.4, 0.5) is 0 Å². The maximum Gasteiger partial charge on any atom is 1.00 e. The Bertz CT molecular complexity index is 1510. The number of aliphatic hydroxyl groups is 3. The van der Waals surface area contributed by atoms with Gasteiger partial charge in [0.15, 0.2) is 23.0 Å². The number of fused-ring (bicyclic) bond motifs is 1. The Labute approximate surface area is 248 Å². The molecular weight excluding hydrogens is 571 g/mol. The number of hydrogen-bond donors (Lipinski definition) is 5. The maximum atomic E-state index is 12.8. The molecule has 4 rings (SSSR count). The van der Waals surface area contributed by atoms with E-state index in [4.69, 9.17) is 23.4 Å². The number of methoxy groups -OCH3 is 2. The Balaban J connectivity index is 0.00000441. The number of phenolic OH excluding ortho intramolecular Hbond substituents is 2. The smallest absolute Gasteiger partial charge is 0.726 e. The third-order valence-corrected chi connectivity index (χ3v) is 6.31. The normalized spacial score (nSPS) is 22.9. The number of hydrogen-bond acceptors (Lipinski definition) is 15. The van der Waals surface area contributed by atoms with Crippen molar-refractivity contribution in [1.82, 2.24) is 0 Å². The van der Waals surface area contributed by atoms with E-state index in [1.807, 2.05) is 0 Å². The van der Waals surface area contributed by atoms with Crippen molar-refractivity contribution in [3.05, 3.63) is 40.6 Å². The summed E-state index contributed by atoms with van der Waals surface area (Å²) in [5.74, 6) is -1.22. The van der Waals surface area contributed by atoms with Crippen LogP contribution < -0.4 is 49.2 Å². The second-order valence-corrected chi connectivity index (χ2v) is 9.32. The second-order valence-electron chi connectivity index (χ2n) is 8.31. The Morgan fingerprint density at radius 2 is 1.62 bits per heavy atom. The van der Waals surface area contributed by atoms with E-state index in [-0.39, 0.29) is 74.8 Å². The van der Waals surface area contributed by atoms with Crippen molar-refractivity contribution in [2.75, 3.05) is 20.8 Å². The average molecular weight is 594 g/mol. The minimum atomic E-state index is -5.42. The van der Waals surface area contributed by atoms with Gasteiger partial charge in [-0.1, -0.05) is 0 Å². The molecule has 17 heteroatoms. The van der Waals surface area contributed by atoms with E-state index in [9.17, 15) is 43.3 Å². The van der Waals surface area contributed by atoms with Crippen LogP contribution in [0, 0.1) is 0 Å². The van der Waals surface area contributed by atoms with Crippen LogP contribution in [0.25, 0.3) is 22.3 Å². The number of rotatable bonds is 8. The quantitative estimate of drug-likeness (QED) is 0.0969. The van der Waals surface area contributed by atoms with Gasteiger partial charge in [0.1, 0.15) is 46.5 Å². The summed E-state index contributed by atoms with van der Waals surface area (Å²) < 4.78 is 64.7. The topological polar surface area (TPSA) is 235 Å². The summed E-state index contributed by atoms with van der Waals surface area (Å²) >= 11 is 0. The van der Waals surface area contributed by atoms with Crippen LogP contribution in [-0.2, 0) is 19.3 Å². The first-order chi connectivity index (χ1) is 18.4. The summed E-state index contributed by atoms with van der Waals surface area (Å²) in [5, 5.41) is 50.2. The molecule has 2 heterocycles. The van der Waals surface area contributed by atoms with E-state index in [0.29, 0.717) is 0 Å². The average Bonchev–Trinajstić information content (AvgIpc) is 2.87. The molecule has 2 aromatic carbocycles. The van der Waals surface area contributed by atoms with Crippen molar-refractivity contribution in [3.8, 4) is 40.1 Å². The molecule has 0 bridgehead atoms. The zero-order valence-electron chi connectivity index (χ0n) is 21.2. The van der Waals surface area contributed by atoms with Crippen molar-refractivity contribution >= 4 is 21.4 Å². The molecule has 0 spiro atoms. The van der Waals surface area contributed by atoms with E-state index in [1.165, 1.54) is 26.4 Å². The van der Waals surface area contributed by atoms with Crippen LogP contribution in [0.5, 0.6) is 28.7 Å². The largest absolute Gasteiger partial charge is 1.00 e. The molecule has 1 aliphatic heterocycles. The van der Waals surface area contributed by atoms with Gasteiger partial charge in [0.2, 0.25) is 22.4 Å². The van der Waals surface area contributed by atoms with Crippen molar-refractivity contribution in [1.29, 1.82) is 0 Å². The molecule has 1 fully saturated rings. The SMILES string of the molecule is COc1cc(-c2cc(=O)c3c(O)cc(O[C@@H]4OC(CO)[C@@H](O)C(O)[C@@H]4OS(=O)(=O)[O-])cc3o2)cc(OC)c1O.[Na+]. The van der Waals surface area contributed by atoms with E-state index < -0.39 is 58.9 Å². The molecule has 40 heavy (non-hydrogen) atoms. The zero-order valence-corrected chi connectivity index (χ0v) is 24.0. The van der Waals surface area contributed by atoms with Gasteiger partial charge in [-0.15, -0.1) is 0 Å². The molecule has 0 saturated carbocycles. The fourth-order valence-electron chi connectivity index (χ4n) is 4.01. The zero-order chi connectivity index (χ0) is 28.6. The van der Waals surface area contributed by atoms with Gasteiger partial charge in [-0.2, -0.15) is 0 Å². The molecule has 2 unspecified atom stereocenters. The molecule has 1 saturated heterocycles. The number of aromatic hydroxyl groups is 2. The second kappa shape index (κ2) is 12.5. The molecule has 5 N–H and O–H groups in total. The third kappa shape index (κ3) is 6.46. The molecule has 5 atom stereocenters. The summed E-state index contributed by atoms with van der Waals surface area (Å²) in [5.41, 5.74) is -0.644. The standard InChI is InChI=1S/C23H24O15S.Na/c1-33-15-3-9(4-16(34-2)19(15)27)13-7-12(26)18-11(25)5-10(6-14(18)36-13)35-23-22(38-39(30,31)32)21(29)20(28)17(8-24)37-23;/h3-7,17,20-25,27-29H,8H2,1-2H3,(H,30,31,32);/q;+1/p-1/t17?,20-,21?,22+,23-;/m1./s1. The first-order valence-electron chi connectivity index (χ1n) is 11.1. The molecule has 212 valence electrons. The van der Waals surface area contributed by atoms with Gasteiger partial charge in [-0.3, -0.25) is 8.98 Å². The Hall–Kier alpha value is -2.64. The molecule has 0 aliphatic carbocycles. The minimum Gasteiger partial charge on any atom is -0.726 e. The van der Waals surface area contributed by atoms with Gasteiger partial charge in [0, 0.05) is 23.8 Å². The van der Waals surface area contributed by atoms with Gasteiger partial charge in [-0.25, -0.2) is 8.42 Å². The monoisotopic (exact) mass is 594 g/mol. The molecule has 0 amide bonds. The Morgan fingerprint density at radius 1 is 1.00 bits per heavy atom. The summed E-state index contributed by atoms with van der Waals surface area (Å²) in [6.45, 7) is -0.824. The molecule has 0 radical (unpaired) electrons. The van der Waals surface area contributed by atoms with Crippen molar-refractivity contribution in [2.24, 2.45) is 0 Å². The maximum absolute atomic E-state index is 12.8. The third-order valence-electron chi connectivity index (χ3n) is 5.85. The van der Waals surface area contributed by atoms with Crippen LogP contribution in [0.1, 0.15) is 0 Å². The van der Waals surface area contributed by atoms with E-state index in [2.05, 4.69) is 4.18 Å². The molecular formula is C23H23NaO15S. The predicted octanol–water partition coefficient (Wildman–Crippen LogP) is -3.44. The number of phenols is 2. The minimum absolute atomic E-state index is 0. The molecule has 15 nitrogen and oxygen atoms in total. The van der Waals surface area contributed by atoms with Gasteiger partial charge < -0.3 is 53.4 Å². The first-order valence-corrected chi connectivity index (χ1v) is 12.4. The van der Waals surface area contributed by atoms with Crippen LogP contribution in [-0.4, -0.2) is 90.0 Å². The van der Waals surface area contributed by atoms with Crippen molar-refractivity contribution in [3.63, 3.8) is 0 Å². The van der Waals surface area contributed by atoms with Crippen LogP contribution in [0.15, 0.2) is 39.5 Å². The van der Waals surface area contributed by atoms with Gasteiger partial charge in [0.05, 0.1) is 20.8 Å². The van der Waals surface area contributed by atoms with Crippen molar-refractivity contribution < 1.29 is 95.6 Å².